The van der Waals surface area contributed by atoms with Gasteiger partial charge in [0.2, 0.25) is 0 Å². The molecule has 0 bridgehead atoms. The fourth-order valence-electron chi connectivity index (χ4n) is 2.18. The van der Waals surface area contributed by atoms with Crippen molar-refractivity contribution < 1.29 is 9.13 Å². The minimum absolute atomic E-state index is 0.122. The molecule has 0 spiro atoms. The fourth-order valence-corrected chi connectivity index (χ4v) is 2.18. The molecule has 1 aliphatic rings. The molecule has 1 aliphatic heterocycles. The first-order chi connectivity index (χ1) is 8.40. The van der Waals surface area contributed by atoms with Crippen LogP contribution in [0.4, 0.5) is 4.39 Å². The summed E-state index contributed by atoms with van der Waals surface area (Å²) in [6.07, 6.45) is 7.37. The van der Waals surface area contributed by atoms with Crippen LogP contribution in [-0.4, -0.2) is 36.3 Å². The second kappa shape index (κ2) is 6.55. The van der Waals surface area contributed by atoms with Gasteiger partial charge in [-0.1, -0.05) is 6.42 Å². The Hall–Kier alpha value is -1.16. The Morgan fingerprint density at radius 1 is 1.29 bits per heavy atom. The van der Waals surface area contributed by atoms with Crippen molar-refractivity contribution >= 4 is 0 Å². The van der Waals surface area contributed by atoms with Gasteiger partial charge in [-0.3, -0.25) is 9.88 Å². The molecule has 3 nitrogen and oxygen atoms in total. The molecule has 0 atom stereocenters. The molecule has 2 rings (SSSR count). The Morgan fingerprint density at radius 2 is 2.12 bits per heavy atom. The molecular weight excluding hydrogens is 219 g/mol. The van der Waals surface area contributed by atoms with Gasteiger partial charge in [0.25, 0.3) is 0 Å². The summed E-state index contributed by atoms with van der Waals surface area (Å²) in [5, 5.41) is 0. The summed E-state index contributed by atoms with van der Waals surface area (Å²) < 4.78 is 17.5. The zero-order chi connectivity index (χ0) is 11.9. The van der Waals surface area contributed by atoms with Crippen LogP contribution in [0.3, 0.4) is 0 Å². The van der Waals surface area contributed by atoms with Crippen molar-refractivity contribution in [3.8, 4) is 5.75 Å². The van der Waals surface area contributed by atoms with Crippen LogP contribution in [0, 0.1) is 0 Å². The van der Waals surface area contributed by atoms with E-state index in [0.29, 0.717) is 0 Å². The van der Waals surface area contributed by atoms with E-state index in [4.69, 9.17) is 4.74 Å². The molecule has 0 amide bonds. The zero-order valence-corrected chi connectivity index (χ0v) is 10.1. The lowest BCUT2D eigenvalue weighted by Crippen LogP contribution is -2.29. The third kappa shape index (κ3) is 3.66. The quantitative estimate of drug-likeness (QED) is 0.787. The van der Waals surface area contributed by atoms with E-state index in [0.717, 1.165) is 30.9 Å². The molecule has 0 aliphatic carbocycles. The monoisotopic (exact) mass is 238 g/mol. The lowest BCUT2D eigenvalue weighted by atomic mass is 10.1. The van der Waals surface area contributed by atoms with Gasteiger partial charge in [0.15, 0.2) is 0 Å². The number of halogens is 1. The fraction of sp³-hybridized carbons (Fsp3) is 0.615. The van der Waals surface area contributed by atoms with E-state index in [-0.39, 0.29) is 6.61 Å². The highest BCUT2D eigenvalue weighted by Crippen LogP contribution is 2.20. The molecule has 0 N–H and O–H groups in total. The molecule has 0 radical (unpaired) electrons. The predicted molar refractivity (Wildman–Crippen MR) is 64.8 cm³/mol. The number of hydrogen-bond donors (Lipinski definition) is 0. The van der Waals surface area contributed by atoms with Gasteiger partial charge >= 0.3 is 0 Å². The second-order valence-corrected chi connectivity index (χ2v) is 4.36. The molecule has 2 heterocycles. The van der Waals surface area contributed by atoms with Gasteiger partial charge in [0.1, 0.15) is 19.0 Å². The summed E-state index contributed by atoms with van der Waals surface area (Å²) in [5.74, 6) is 0.767. The Balaban J connectivity index is 1.98. The maximum atomic E-state index is 12.1. The van der Waals surface area contributed by atoms with Crippen LogP contribution in [0.15, 0.2) is 18.5 Å². The highest BCUT2D eigenvalue weighted by Gasteiger charge is 2.13. The summed E-state index contributed by atoms with van der Waals surface area (Å²) in [6, 6.07) is 1.81. The van der Waals surface area contributed by atoms with Gasteiger partial charge < -0.3 is 4.74 Å². The molecule has 0 aromatic carbocycles. The van der Waals surface area contributed by atoms with Crippen molar-refractivity contribution in [3.05, 3.63) is 24.0 Å². The number of aromatic nitrogens is 1. The van der Waals surface area contributed by atoms with Crippen LogP contribution < -0.4 is 4.74 Å². The van der Waals surface area contributed by atoms with Crippen LogP contribution in [-0.2, 0) is 6.54 Å². The van der Waals surface area contributed by atoms with E-state index >= 15 is 0 Å². The van der Waals surface area contributed by atoms with Gasteiger partial charge in [-0.2, -0.15) is 0 Å². The average Bonchev–Trinajstić information content (AvgIpc) is 2.39. The lowest BCUT2D eigenvalue weighted by Gasteiger charge is -2.26. The van der Waals surface area contributed by atoms with Crippen molar-refractivity contribution in [2.45, 2.75) is 25.8 Å². The van der Waals surface area contributed by atoms with Crippen molar-refractivity contribution in [1.29, 1.82) is 0 Å². The maximum Gasteiger partial charge on any atom is 0.127 e. The van der Waals surface area contributed by atoms with Gasteiger partial charge in [0.05, 0.1) is 0 Å². The molecule has 0 unspecified atom stereocenters. The van der Waals surface area contributed by atoms with Gasteiger partial charge in [0, 0.05) is 24.5 Å². The molecule has 1 aromatic heterocycles. The number of hydrogen-bond acceptors (Lipinski definition) is 3. The van der Waals surface area contributed by atoms with Gasteiger partial charge in [-0.05, 0) is 32.0 Å². The summed E-state index contributed by atoms with van der Waals surface area (Å²) in [5.41, 5.74) is 1.06. The molecule has 1 saturated heterocycles. The summed E-state index contributed by atoms with van der Waals surface area (Å²) in [4.78, 5) is 6.52. The number of pyridine rings is 1. The highest BCUT2D eigenvalue weighted by molar-refractivity contribution is 5.30. The summed E-state index contributed by atoms with van der Waals surface area (Å²) in [7, 11) is 0. The first kappa shape index (κ1) is 12.3. The molecule has 0 saturated carbocycles. The van der Waals surface area contributed by atoms with Crippen molar-refractivity contribution in [2.24, 2.45) is 0 Å². The topological polar surface area (TPSA) is 25.4 Å². The Morgan fingerprint density at radius 3 is 2.88 bits per heavy atom. The molecule has 1 aromatic rings. The van der Waals surface area contributed by atoms with E-state index in [1.165, 1.54) is 19.3 Å². The first-order valence-electron chi connectivity index (χ1n) is 6.24. The van der Waals surface area contributed by atoms with Crippen molar-refractivity contribution in [3.63, 3.8) is 0 Å². The molecule has 94 valence electrons. The maximum absolute atomic E-state index is 12.1. The minimum Gasteiger partial charge on any atom is -0.490 e. The molecule has 17 heavy (non-hydrogen) atoms. The molecule has 1 fully saturated rings. The third-order valence-corrected chi connectivity index (χ3v) is 3.04. The number of piperidine rings is 1. The van der Waals surface area contributed by atoms with Crippen LogP contribution in [0.1, 0.15) is 24.8 Å². The normalized spacial score (nSPS) is 17.0. The van der Waals surface area contributed by atoms with E-state index in [1.807, 2.05) is 12.3 Å². The largest absolute Gasteiger partial charge is 0.490 e. The SMILES string of the molecule is FCCOc1ccncc1CN1CCCCC1. The smallest absolute Gasteiger partial charge is 0.127 e. The van der Waals surface area contributed by atoms with Crippen LogP contribution in [0.5, 0.6) is 5.75 Å². The van der Waals surface area contributed by atoms with Crippen LogP contribution in [0.2, 0.25) is 0 Å². The van der Waals surface area contributed by atoms with E-state index in [2.05, 4.69) is 9.88 Å². The van der Waals surface area contributed by atoms with Crippen molar-refractivity contribution in [2.75, 3.05) is 26.4 Å². The van der Waals surface area contributed by atoms with E-state index in [9.17, 15) is 4.39 Å². The first-order valence-corrected chi connectivity index (χ1v) is 6.24. The average molecular weight is 238 g/mol. The molecular formula is C13H19FN2O. The van der Waals surface area contributed by atoms with Gasteiger partial charge in [-0.15, -0.1) is 0 Å². The number of ether oxygens (including phenoxy) is 1. The Bertz CT molecular complexity index is 340. The lowest BCUT2D eigenvalue weighted by molar-refractivity contribution is 0.213. The Kier molecular flexibility index (Phi) is 4.74. The van der Waals surface area contributed by atoms with E-state index < -0.39 is 6.67 Å². The summed E-state index contributed by atoms with van der Waals surface area (Å²) >= 11 is 0. The minimum atomic E-state index is -0.453. The van der Waals surface area contributed by atoms with Crippen molar-refractivity contribution in [1.82, 2.24) is 9.88 Å². The Labute approximate surface area is 102 Å². The number of likely N-dealkylation sites (tertiary alicyclic amines) is 1. The second-order valence-electron chi connectivity index (χ2n) is 4.36. The zero-order valence-electron chi connectivity index (χ0n) is 10.1. The van der Waals surface area contributed by atoms with E-state index in [1.54, 1.807) is 6.20 Å². The number of alkyl halides is 1. The van der Waals surface area contributed by atoms with Crippen LogP contribution in [0.25, 0.3) is 0 Å². The summed E-state index contributed by atoms with van der Waals surface area (Å²) in [6.45, 7) is 2.80. The number of rotatable bonds is 5. The number of nitrogens with zero attached hydrogens (tertiary/aromatic N) is 2. The van der Waals surface area contributed by atoms with Gasteiger partial charge in [-0.25, -0.2) is 4.39 Å². The third-order valence-electron chi connectivity index (χ3n) is 3.04. The molecule has 4 heteroatoms. The predicted octanol–water partition coefficient (Wildman–Crippen LogP) is 2.42. The standard InChI is InChI=1S/C13H19FN2O/c14-5-9-17-13-4-6-15-10-12(13)11-16-7-2-1-3-8-16/h4,6,10H,1-3,5,7-9,11H2. The van der Waals surface area contributed by atoms with Crippen LogP contribution >= 0.6 is 0 Å². The highest BCUT2D eigenvalue weighted by atomic mass is 19.1.